The Labute approximate surface area is 102 Å². The number of nitrogens with zero attached hydrogens (tertiary/aromatic N) is 1. The van der Waals surface area contributed by atoms with Gasteiger partial charge in [-0.1, -0.05) is 12.8 Å². The molecule has 0 bridgehead atoms. The topological polar surface area (TPSA) is 60.0 Å². The molecule has 4 heteroatoms. The first-order valence-corrected chi connectivity index (χ1v) is 6.25. The zero-order valence-electron chi connectivity index (χ0n) is 10.4. The Morgan fingerprint density at radius 2 is 2.24 bits per heavy atom. The number of nitrogens with two attached hydrogens (primary N) is 1. The molecule has 1 aromatic rings. The lowest BCUT2D eigenvalue weighted by Gasteiger charge is -2.22. The maximum Gasteiger partial charge on any atom is 0.222 e. The Morgan fingerprint density at radius 1 is 1.53 bits per heavy atom. The summed E-state index contributed by atoms with van der Waals surface area (Å²) in [6, 6.07) is 3.98. The van der Waals surface area contributed by atoms with Gasteiger partial charge < -0.3 is 15.6 Å². The average molecular weight is 235 g/mol. The van der Waals surface area contributed by atoms with Gasteiger partial charge in [0.05, 0.1) is 6.54 Å². The lowest BCUT2D eigenvalue weighted by atomic mass is 9.94. The van der Waals surface area contributed by atoms with E-state index in [4.69, 9.17) is 5.73 Å². The van der Waals surface area contributed by atoms with Crippen LogP contribution in [0.15, 0.2) is 18.3 Å². The van der Waals surface area contributed by atoms with Gasteiger partial charge in [-0.3, -0.25) is 4.79 Å². The van der Waals surface area contributed by atoms with Crippen LogP contribution >= 0.6 is 0 Å². The van der Waals surface area contributed by atoms with Crippen LogP contribution < -0.4 is 11.1 Å². The molecule has 4 nitrogen and oxygen atoms in total. The zero-order valence-corrected chi connectivity index (χ0v) is 10.4. The Hall–Kier alpha value is -1.29. The van der Waals surface area contributed by atoms with E-state index in [0.717, 1.165) is 31.4 Å². The molecule has 17 heavy (non-hydrogen) atoms. The molecule has 2 rings (SSSR count). The van der Waals surface area contributed by atoms with Gasteiger partial charge in [-0.15, -0.1) is 0 Å². The standard InChI is InChI=1S/C13H21N3O/c1-16-8-4-5-11(16)10-15-12(17)9-13(14)6-2-3-7-13/h4-5,8H,2-3,6-7,9-10,14H2,1H3,(H,15,17). The van der Waals surface area contributed by atoms with Crippen molar-refractivity contribution in [2.45, 2.75) is 44.2 Å². The first-order chi connectivity index (χ1) is 8.09. The summed E-state index contributed by atoms with van der Waals surface area (Å²) in [6.45, 7) is 0.582. The van der Waals surface area contributed by atoms with E-state index in [0.29, 0.717) is 13.0 Å². The smallest absolute Gasteiger partial charge is 0.222 e. The van der Waals surface area contributed by atoms with E-state index in [9.17, 15) is 4.79 Å². The number of aryl methyl sites for hydroxylation is 1. The Balaban J connectivity index is 1.80. The molecule has 1 amide bonds. The van der Waals surface area contributed by atoms with Crippen LogP contribution in [0, 0.1) is 0 Å². The molecule has 94 valence electrons. The third-order valence-corrected chi connectivity index (χ3v) is 3.63. The molecule has 0 spiro atoms. The highest BCUT2D eigenvalue weighted by molar-refractivity contribution is 5.77. The molecule has 3 N–H and O–H groups in total. The van der Waals surface area contributed by atoms with Gasteiger partial charge in [0.25, 0.3) is 0 Å². The van der Waals surface area contributed by atoms with E-state index >= 15 is 0 Å². The highest BCUT2D eigenvalue weighted by Gasteiger charge is 2.31. The highest BCUT2D eigenvalue weighted by Crippen LogP contribution is 2.29. The molecule has 0 aliphatic heterocycles. The molecule has 1 fully saturated rings. The zero-order chi connectivity index (χ0) is 12.3. The van der Waals surface area contributed by atoms with Gasteiger partial charge in [0.15, 0.2) is 0 Å². The number of nitrogens with one attached hydrogen (secondary N) is 1. The van der Waals surface area contributed by atoms with Crippen LogP contribution in [-0.2, 0) is 18.4 Å². The number of hydrogen-bond acceptors (Lipinski definition) is 2. The number of carbonyl (C=O) groups excluding carboxylic acids is 1. The second-order valence-electron chi connectivity index (χ2n) is 5.13. The summed E-state index contributed by atoms with van der Waals surface area (Å²) >= 11 is 0. The molecular formula is C13H21N3O. The molecule has 0 atom stereocenters. The van der Waals surface area contributed by atoms with E-state index in [1.807, 2.05) is 29.9 Å². The van der Waals surface area contributed by atoms with E-state index in [1.165, 1.54) is 0 Å². The van der Waals surface area contributed by atoms with E-state index in [-0.39, 0.29) is 11.4 Å². The average Bonchev–Trinajstić information content (AvgIpc) is 2.85. The molecule has 1 heterocycles. The van der Waals surface area contributed by atoms with Crippen LogP contribution in [0.1, 0.15) is 37.8 Å². The Bertz CT molecular complexity index is 391. The van der Waals surface area contributed by atoms with Crippen molar-refractivity contribution in [2.24, 2.45) is 12.8 Å². The molecular weight excluding hydrogens is 214 g/mol. The minimum atomic E-state index is -0.252. The quantitative estimate of drug-likeness (QED) is 0.826. The van der Waals surface area contributed by atoms with Crippen molar-refractivity contribution in [1.82, 2.24) is 9.88 Å². The molecule has 1 aliphatic carbocycles. The van der Waals surface area contributed by atoms with E-state index in [2.05, 4.69) is 5.32 Å². The van der Waals surface area contributed by atoms with Crippen LogP contribution in [0.3, 0.4) is 0 Å². The third-order valence-electron chi connectivity index (χ3n) is 3.63. The summed E-state index contributed by atoms with van der Waals surface area (Å²) < 4.78 is 2.01. The fraction of sp³-hybridized carbons (Fsp3) is 0.615. The van der Waals surface area contributed by atoms with Crippen molar-refractivity contribution < 1.29 is 4.79 Å². The van der Waals surface area contributed by atoms with Crippen LogP contribution in [-0.4, -0.2) is 16.0 Å². The SMILES string of the molecule is Cn1cccc1CNC(=O)CC1(N)CCCC1. The van der Waals surface area contributed by atoms with Gasteiger partial charge in [0.1, 0.15) is 0 Å². The van der Waals surface area contributed by atoms with Crippen molar-refractivity contribution in [3.05, 3.63) is 24.0 Å². The van der Waals surface area contributed by atoms with Crippen molar-refractivity contribution in [3.63, 3.8) is 0 Å². The van der Waals surface area contributed by atoms with Gasteiger partial charge in [-0.25, -0.2) is 0 Å². The number of hydrogen-bond donors (Lipinski definition) is 2. The van der Waals surface area contributed by atoms with Gasteiger partial charge in [0, 0.05) is 30.9 Å². The van der Waals surface area contributed by atoms with E-state index in [1.54, 1.807) is 0 Å². The van der Waals surface area contributed by atoms with Crippen LogP contribution in [0.25, 0.3) is 0 Å². The van der Waals surface area contributed by atoms with Gasteiger partial charge >= 0.3 is 0 Å². The maximum atomic E-state index is 11.8. The first-order valence-electron chi connectivity index (χ1n) is 6.25. The molecule has 1 saturated carbocycles. The predicted molar refractivity (Wildman–Crippen MR) is 67.3 cm³/mol. The van der Waals surface area contributed by atoms with Crippen LogP contribution in [0.4, 0.5) is 0 Å². The minimum Gasteiger partial charge on any atom is -0.353 e. The summed E-state index contributed by atoms with van der Waals surface area (Å²) in [4.78, 5) is 11.8. The van der Waals surface area contributed by atoms with Crippen LogP contribution in [0.2, 0.25) is 0 Å². The summed E-state index contributed by atoms with van der Waals surface area (Å²) in [5, 5.41) is 2.94. The molecule has 1 aliphatic rings. The number of aromatic nitrogens is 1. The summed E-state index contributed by atoms with van der Waals surface area (Å²) in [7, 11) is 1.98. The predicted octanol–water partition coefficient (Wildman–Crippen LogP) is 1.30. The van der Waals surface area contributed by atoms with E-state index < -0.39 is 0 Å². The molecule has 0 aromatic carbocycles. The fourth-order valence-corrected chi connectivity index (χ4v) is 2.51. The summed E-state index contributed by atoms with van der Waals surface area (Å²) in [5.74, 6) is 0.0654. The van der Waals surface area contributed by atoms with Gasteiger partial charge in [-0.2, -0.15) is 0 Å². The summed E-state index contributed by atoms with van der Waals surface area (Å²) in [5.41, 5.74) is 7.03. The molecule has 1 aromatic heterocycles. The lowest BCUT2D eigenvalue weighted by molar-refractivity contribution is -0.122. The third kappa shape index (κ3) is 3.09. The molecule has 0 radical (unpaired) electrons. The molecule has 0 unspecified atom stereocenters. The van der Waals surface area contributed by atoms with Gasteiger partial charge in [-0.05, 0) is 25.0 Å². The largest absolute Gasteiger partial charge is 0.353 e. The van der Waals surface area contributed by atoms with Crippen molar-refractivity contribution >= 4 is 5.91 Å². The van der Waals surface area contributed by atoms with Gasteiger partial charge in [0.2, 0.25) is 5.91 Å². The monoisotopic (exact) mass is 235 g/mol. The van der Waals surface area contributed by atoms with Crippen molar-refractivity contribution in [3.8, 4) is 0 Å². The number of amides is 1. The second kappa shape index (κ2) is 4.92. The minimum absolute atomic E-state index is 0.0654. The van der Waals surface area contributed by atoms with Crippen molar-refractivity contribution in [2.75, 3.05) is 0 Å². The lowest BCUT2D eigenvalue weighted by Crippen LogP contribution is -2.42. The maximum absolute atomic E-state index is 11.8. The normalized spacial score (nSPS) is 18.2. The van der Waals surface area contributed by atoms with Crippen LogP contribution in [0.5, 0.6) is 0 Å². The highest BCUT2D eigenvalue weighted by atomic mass is 16.1. The summed E-state index contributed by atoms with van der Waals surface area (Å²) in [6.07, 6.45) is 6.69. The Kier molecular flexibility index (Phi) is 3.52. The van der Waals surface area contributed by atoms with Crippen molar-refractivity contribution in [1.29, 1.82) is 0 Å². The molecule has 0 saturated heterocycles. The number of rotatable bonds is 4. The fourth-order valence-electron chi connectivity index (χ4n) is 2.51. The number of carbonyl (C=O) groups is 1. The second-order valence-corrected chi connectivity index (χ2v) is 5.13. The Morgan fingerprint density at radius 3 is 2.82 bits per heavy atom. The first kappa shape index (κ1) is 12.2.